The normalized spacial score (nSPS) is 14.3. The molecule has 0 bridgehead atoms. The first-order valence-corrected chi connectivity index (χ1v) is 12.3. The standard InChI is InChI=1S/C26H27N5O3S/c1-17-14-20(33-2)21(34-3)15-18(17)16-30-10-12-31(13-11-30)26(32)24-23(27-8-9-28-24)25-29-19-6-4-5-7-22(19)35-25/h4-9,14-15H,10-13,16H2,1-3H3. The summed E-state index contributed by atoms with van der Waals surface area (Å²) >= 11 is 1.53. The molecule has 0 spiro atoms. The zero-order chi connectivity index (χ0) is 24.4. The van der Waals surface area contributed by atoms with Crippen LogP contribution in [0.4, 0.5) is 0 Å². The SMILES string of the molecule is COc1cc(C)c(CN2CCN(C(=O)c3nccnc3-c3nc4ccccc4s3)CC2)cc1OC. The van der Waals surface area contributed by atoms with Crippen LogP contribution in [0.2, 0.25) is 0 Å². The quantitative estimate of drug-likeness (QED) is 0.404. The van der Waals surface area contributed by atoms with Crippen molar-refractivity contribution in [3.8, 4) is 22.2 Å². The lowest BCUT2D eigenvalue weighted by atomic mass is 10.1. The van der Waals surface area contributed by atoms with Crippen molar-refractivity contribution in [3.63, 3.8) is 0 Å². The third kappa shape index (κ3) is 4.69. The van der Waals surface area contributed by atoms with Crippen LogP contribution < -0.4 is 9.47 Å². The molecule has 9 heteroatoms. The molecule has 1 aliphatic rings. The predicted molar refractivity (Wildman–Crippen MR) is 136 cm³/mol. The van der Waals surface area contributed by atoms with Crippen LogP contribution in [-0.2, 0) is 6.54 Å². The minimum Gasteiger partial charge on any atom is -0.493 e. The molecule has 35 heavy (non-hydrogen) atoms. The van der Waals surface area contributed by atoms with Gasteiger partial charge in [-0.3, -0.25) is 9.69 Å². The number of aromatic nitrogens is 3. The third-order valence-electron chi connectivity index (χ3n) is 6.29. The van der Waals surface area contributed by atoms with Crippen LogP contribution in [0.3, 0.4) is 0 Å². The summed E-state index contributed by atoms with van der Waals surface area (Å²) in [4.78, 5) is 31.2. The number of methoxy groups -OCH3 is 2. The van der Waals surface area contributed by atoms with Crippen LogP contribution >= 0.6 is 11.3 Å². The van der Waals surface area contributed by atoms with E-state index in [4.69, 9.17) is 9.47 Å². The molecule has 0 saturated carbocycles. The lowest BCUT2D eigenvalue weighted by molar-refractivity contribution is 0.0623. The van der Waals surface area contributed by atoms with Gasteiger partial charge >= 0.3 is 0 Å². The number of carbonyl (C=O) groups is 1. The molecule has 4 aromatic rings. The summed E-state index contributed by atoms with van der Waals surface area (Å²) in [6.07, 6.45) is 3.18. The number of piperazine rings is 1. The Bertz CT molecular complexity index is 1330. The summed E-state index contributed by atoms with van der Waals surface area (Å²) in [6, 6.07) is 12.0. The average molecular weight is 490 g/mol. The fourth-order valence-corrected chi connectivity index (χ4v) is 5.28. The van der Waals surface area contributed by atoms with E-state index in [9.17, 15) is 4.79 Å². The van der Waals surface area contributed by atoms with Crippen molar-refractivity contribution in [2.45, 2.75) is 13.5 Å². The second kappa shape index (κ2) is 9.97. The fourth-order valence-electron chi connectivity index (χ4n) is 4.32. The summed E-state index contributed by atoms with van der Waals surface area (Å²) in [5.74, 6) is 1.36. The molecule has 3 heterocycles. The van der Waals surface area contributed by atoms with E-state index in [1.807, 2.05) is 41.3 Å². The van der Waals surface area contributed by atoms with Gasteiger partial charge in [0.2, 0.25) is 0 Å². The first kappa shape index (κ1) is 23.2. The lowest BCUT2D eigenvalue weighted by Crippen LogP contribution is -2.48. The Morgan fingerprint density at radius 3 is 2.46 bits per heavy atom. The minimum absolute atomic E-state index is 0.102. The molecule has 1 aliphatic heterocycles. The maximum Gasteiger partial charge on any atom is 0.274 e. The van der Waals surface area contributed by atoms with E-state index < -0.39 is 0 Å². The van der Waals surface area contributed by atoms with Crippen molar-refractivity contribution in [1.29, 1.82) is 0 Å². The highest BCUT2D eigenvalue weighted by molar-refractivity contribution is 7.21. The largest absolute Gasteiger partial charge is 0.493 e. The van der Waals surface area contributed by atoms with Crippen molar-refractivity contribution in [3.05, 3.63) is 65.6 Å². The Balaban J connectivity index is 1.29. The van der Waals surface area contributed by atoms with Gasteiger partial charge in [-0.1, -0.05) is 12.1 Å². The molecular weight excluding hydrogens is 462 g/mol. The Morgan fingerprint density at radius 1 is 1.00 bits per heavy atom. The summed E-state index contributed by atoms with van der Waals surface area (Å²) < 4.78 is 11.9. The molecule has 180 valence electrons. The van der Waals surface area contributed by atoms with Gasteiger partial charge in [-0.25, -0.2) is 15.0 Å². The highest BCUT2D eigenvalue weighted by Crippen LogP contribution is 2.32. The number of hydrogen-bond acceptors (Lipinski definition) is 8. The second-order valence-electron chi connectivity index (χ2n) is 8.44. The number of thiazole rings is 1. The van der Waals surface area contributed by atoms with Gasteiger partial charge in [0.15, 0.2) is 17.2 Å². The predicted octanol–water partition coefficient (Wildman–Crippen LogP) is 4.04. The molecule has 0 atom stereocenters. The van der Waals surface area contributed by atoms with Gasteiger partial charge in [0.1, 0.15) is 10.7 Å². The van der Waals surface area contributed by atoms with Crippen LogP contribution in [0.1, 0.15) is 21.6 Å². The molecular formula is C26H27N5O3S. The van der Waals surface area contributed by atoms with E-state index >= 15 is 0 Å². The smallest absolute Gasteiger partial charge is 0.274 e. The van der Waals surface area contributed by atoms with Crippen LogP contribution in [-0.4, -0.2) is 71.1 Å². The van der Waals surface area contributed by atoms with E-state index in [2.05, 4.69) is 26.8 Å². The molecule has 0 aliphatic carbocycles. The summed E-state index contributed by atoms with van der Waals surface area (Å²) in [7, 11) is 3.29. The first-order chi connectivity index (χ1) is 17.1. The van der Waals surface area contributed by atoms with Crippen molar-refractivity contribution in [2.24, 2.45) is 0 Å². The first-order valence-electron chi connectivity index (χ1n) is 11.5. The van der Waals surface area contributed by atoms with Crippen LogP contribution in [0.15, 0.2) is 48.8 Å². The Kier molecular flexibility index (Phi) is 6.61. The van der Waals surface area contributed by atoms with Crippen molar-refractivity contribution < 1.29 is 14.3 Å². The minimum atomic E-state index is -0.102. The molecule has 8 nitrogen and oxygen atoms in total. The van der Waals surface area contributed by atoms with E-state index in [0.29, 0.717) is 29.5 Å². The van der Waals surface area contributed by atoms with Gasteiger partial charge in [0, 0.05) is 45.1 Å². The molecule has 0 unspecified atom stereocenters. The Morgan fingerprint density at radius 2 is 1.71 bits per heavy atom. The number of ether oxygens (including phenoxy) is 2. The maximum atomic E-state index is 13.4. The molecule has 1 saturated heterocycles. The van der Waals surface area contributed by atoms with Crippen LogP contribution in [0, 0.1) is 6.92 Å². The number of carbonyl (C=O) groups excluding carboxylic acids is 1. The molecule has 5 rings (SSSR count). The number of benzene rings is 2. The highest BCUT2D eigenvalue weighted by atomic mass is 32.1. The van der Waals surface area contributed by atoms with Crippen LogP contribution in [0.25, 0.3) is 20.9 Å². The number of fused-ring (bicyclic) bond motifs is 1. The number of hydrogen-bond donors (Lipinski definition) is 0. The highest BCUT2D eigenvalue weighted by Gasteiger charge is 2.27. The summed E-state index contributed by atoms with van der Waals surface area (Å²) in [5, 5.41) is 0.713. The van der Waals surface area contributed by atoms with Gasteiger partial charge < -0.3 is 14.4 Å². The number of aryl methyl sites for hydroxylation is 1. The zero-order valence-electron chi connectivity index (χ0n) is 20.0. The van der Waals surface area contributed by atoms with Crippen LogP contribution in [0.5, 0.6) is 11.5 Å². The molecule has 2 aromatic heterocycles. The summed E-state index contributed by atoms with van der Waals surface area (Å²) in [6.45, 7) is 5.67. The fraction of sp³-hybridized carbons (Fsp3) is 0.308. The third-order valence-corrected chi connectivity index (χ3v) is 7.34. The average Bonchev–Trinajstić information content (AvgIpc) is 3.34. The summed E-state index contributed by atoms with van der Waals surface area (Å²) in [5.41, 5.74) is 4.14. The Hall–Kier alpha value is -3.56. The topological polar surface area (TPSA) is 80.7 Å². The van der Waals surface area contributed by atoms with Crippen molar-refractivity contribution >= 4 is 27.5 Å². The molecule has 1 fully saturated rings. The van der Waals surface area contributed by atoms with Gasteiger partial charge in [-0.2, -0.15) is 0 Å². The number of amides is 1. The van der Waals surface area contributed by atoms with Gasteiger partial charge in [0.25, 0.3) is 5.91 Å². The van der Waals surface area contributed by atoms with E-state index in [0.717, 1.165) is 46.9 Å². The monoisotopic (exact) mass is 489 g/mol. The molecule has 1 amide bonds. The second-order valence-corrected chi connectivity index (χ2v) is 9.47. The molecule has 2 aromatic carbocycles. The van der Waals surface area contributed by atoms with Gasteiger partial charge in [0.05, 0.1) is 24.4 Å². The van der Waals surface area contributed by atoms with E-state index in [1.165, 1.54) is 16.9 Å². The molecule has 0 radical (unpaired) electrons. The zero-order valence-corrected chi connectivity index (χ0v) is 20.8. The number of rotatable bonds is 6. The molecule has 0 N–H and O–H groups in total. The van der Waals surface area contributed by atoms with Crippen molar-refractivity contribution in [2.75, 3.05) is 40.4 Å². The lowest BCUT2D eigenvalue weighted by Gasteiger charge is -2.35. The Labute approximate surface area is 208 Å². The van der Waals surface area contributed by atoms with Crippen molar-refractivity contribution in [1.82, 2.24) is 24.8 Å². The maximum absolute atomic E-state index is 13.4. The number of nitrogens with zero attached hydrogens (tertiary/aromatic N) is 5. The van der Waals surface area contributed by atoms with E-state index in [-0.39, 0.29) is 5.91 Å². The van der Waals surface area contributed by atoms with Gasteiger partial charge in [-0.15, -0.1) is 11.3 Å². The van der Waals surface area contributed by atoms with Gasteiger partial charge in [-0.05, 0) is 42.3 Å². The van der Waals surface area contributed by atoms with E-state index in [1.54, 1.807) is 26.6 Å². The number of para-hydroxylation sites is 1.